The summed E-state index contributed by atoms with van der Waals surface area (Å²) >= 11 is 0. The van der Waals surface area contributed by atoms with Gasteiger partial charge in [0.1, 0.15) is 6.04 Å². The standard InChI is InChI=1S/C8H11NO4/c1-2-13-8(12)6-3-5(4-9-6)7(10)11/h4,6,9H,2-3H2,1H3,(H,10,11). The second kappa shape index (κ2) is 3.93. The summed E-state index contributed by atoms with van der Waals surface area (Å²) in [4.78, 5) is 21.6. The lowest BCUT2D eigenvalue weighted by molar-refractivity contribution is -0.145. The molecule has 0 aromatic rings. The normalized spacial score (nSPS) is 20.4. The Hall–Kier alpha value is -1.52. The first-order chi connectivity index (χ1) is 6.15. The van der Waals surface area contributed by atoms with Crippen LogP contribution in [0.4, 0.5) is 0 Å². The largest absolute Gasteiger partial charge is 0.478 e. The molecule has 0 aliphatic carbocycles. The van der Waals surface area contributed by atoms with Crippen molar-refractivity contribution in [2.24, 2.45) is 0 Å². The third-order valence-electron chi connectivity index (χ3n) is 1.73. The summed E-state index contributed by atoms with van der Waals surface area (Å²) in [7, 11) is 0. The molecular formula is C8H11NO4. The molecule has 1 unspecified atom stereocenters. The molecule has 1 aliphatic heterocycles. The fraction of sp³-hybridized carbons (Fsp3) is 0.500. The van der Waals surface area contributed by atoms with E-state index in [2.05, 4.69) is 5.32 Å². The quantitative estimate of drug-likeness (QED) is 0.599. The van der Waals surface area contributed by atoms with Crippen LogP contribution in [0.15, 0.2) is 11.8 Å². The lowest BCUT2D eigenvalue weighted by Crippen LogP contribution is -2.31. The Morgan fingerprint density at radius 3 is 2.92 bits per heavy atom. The van der Waals surface area contributed by atoms with Gasteiger partial charge in [0.2, 0.25) is 0 Å². The Labute approximate surface area is 75.4 Å². The van der Waals surface area contributed by atoms with E-state index in [1.54, 1.807) is 6.92 Å². The molecule has 0 saturated carbocycles. The number of rotatable bonds is 3. The van der Waals surface area contributed by atoms with Gasteiger partial charge in [0.15, 0.2) is 0 Å². The Bertz CT molecular complexity index is 259. The minimum absolute atomic E-state index is 0.189. The predicted octanol–water partition coefficient (Wildman–Crippen LogP) is -0.120. The van der Waals surface area contributed by atoms with Crippen LogP contribution in [0.1, 0.15) is 13.3 Å². The number of carboxylic acids is 1. The van der Waals surface area contributed by atoms with E-state index in [9.17, 15) is 9.59 Å². The van der Waals surface area contributed by atoms with Crippen LogP contribution in [-0.4, -0.2) is 29.7 Å². The number of hydrogen-bond acceptors (Lipinski definition) is 4. The number of aliphatic carboxylic acids is 1. The van der Waals surface area contributed by atoms with Crippen LogP contribution in [0.25, 0.3) is 0 Å². The summed E-state index contributed by atoms with van der Waals surface area (Å²) in [6.07, 6.45) is 1.53. The molecule has 1 heterocycles. The summed E-state index contributed by atoms with van der Waals surface area (Å²) in [6.45, 7) is 2.01. The van der Waals surface area contributed by atoms with Gasteiger partial charge >= 0.3 is 11.9 Å². The van der Waals surface area contributed by atoms with E-state index in [0.717, 1.165) is 0 Å². The van der Waals surface area contributed by atoms with Gasteiger partial charge in [-0.05, 0) is 6.92 Å². The Kier molecular flexibility index (Phi) is 2.89. The second-order valence-electron chi connectivity index (χ2n) is 2.65. The molecule has 2 N–H and O–H groups in total. The Balaban J connectivity index is 2.45. The maximum absolute atomic E-state index is 11.1. The smallest absolute Gasteiger partial charge is 0.333 e. The zero-order valence-electron chi connectivity index (χ0n) is 7.24. The highest BCUT2D eigenvalue weighted by molar-refractivity contribution is 5.89. The van der Waals surface area contributed by atoms with Crippen molar-refractivity contribution in [1.29, 1.82) is 0 Å². The molecule has 1 aliphatic rings. The topological polar surface area (TPSA) is 75.6 Å². The molecule has 5 heteroatoms. The Morgan fingerprint density at radius 2 is 2.46 bits per heavy atom. The monoisotopic (exact) mass is 185 g/mol. The van der Waals surface area contributed by atoms with Gasteiger partial charge in [-0.25, -0.2) is 9.59 Å². The van der Waals surface area contributed by atoms with Gasteiger partial charge in [-0.3, -0.25) is 0 Å². The molecule has 0 aromatic carbocycles. The minimum atomic E-state index is -1.00. The molecule has 1 rings (SSSR count). The van der Waals surface area contributed by atoms with Crippen LogP contribution in [0.5, 0.6) is 0 Å². The summed E-state index contributed by atoms with van der Waals surface area (Å²) in [5, 5.41) is 11.2. The van der Waals surface area contributed by atoms with Crippen molar-refractivity contribution < 1.29 is 19.4 Å². The number of carbonyl (C=O) groups is 2. The van der Waals surface area contributed by atoms with Crippen molar-refractivity contribution in [3.63, 3.8) is 0 Å². The number of carbonyl (C=O) groups excluding carboxylic acids is 1. The van der Waals surface area contributed by atoms with Gasteiger partial charge < -0.3 is 15.2 Å². The molecule has 0 bridgehead atoms. The molecule has 1 atom stereocenters. The maximum atomic E-state index is 11.1. The predicted molar refractivity (Wildman–Crippen MR) is 43.9 cm³/mol. The molecule has 0 spiro atoms. The molecule has 0 amide bonds. The average molecular weight is 185 g/mol. The van der Waals surface area contributed by atoms with Crippen LogP contribution >= 0.6 is 0 Å². The van der Waals surface area contributed by atoms with Gasteiger partial charge in [0, 0.05) is 12.6 Å². The van der Waals surface area contributed by atoms with Crippen molar-refractivity contribution >= 4 is 11.9 Å². The number of ether oxygens (including phenoxy) is 1. The van der Waals surface area contributed by atoms with Crippen LogP contribution in [0.3, 0.4) is 0 Å². The van der Waals surface area contributed by atoms with Crippen LogP contribution in [0, 0.1) is 0 Å². The van der Waals surface area contributed by atoms with E-state index < -0.39 is 18.0 Å². The minimum Gasteiger partial charge on any atom is -0.478 e. The first kappa shape index (κ1) is 9.57. The molecule has 0 radical (unpaired) electrons. The van der Waals surface area contributed by atoms with E-state index in [4.69, 9.17) is 9.84 Å². The van der Waals surface area contributed by atoms with E-state index in [0.29, 0.717) is 6.61 Å². The van der Waals surface area contributed by atoms with Gasteiger partial charge in [0.25, 0.3) is 0 Å². The SMILES string of the molecule is CCOC(=O)C1CC(C(=O)O)=CN1. The van der Waals surface area contributed by atoms with E-state index in [1.165, 1.54) is 6.20 Å². The molecule has 0 fully saturated rings. The molecule has 72 valence electrons. The summed E-state index contributed by atoms with van der Waals surface area (Å²) < 4.78 is 4.73. The zero-order valence-corrected chi connectivity index (χ0v) is 7.24. The summed E-state index contributed by atoms with van der Waals surface area (Å²) in [5.74, 6) is -1.41. The van der Waals surface area contributed by atoms with Crippen molar-refractivity contribution in [3.05, 3.63) is 11.8 Å². The number of esters is 1. The van der Waals surface area contributed by atoms with Crippen molar-refractivity contribution in [2.45, 2.75) is 19.4 Å². The van der Waals surface area contributed by atoms with Gasteiger partial charge in [-0.1, -0.05) is 0 Å². The highest BCUT2D eigenvalue weighted by atomic mass is 16.5. The molecular weight excluding hydrogens is 174 g/mol. The molecule has 0 saturated heterocycles. The fourth-order valence-electron chi connectivity index (χ4n) is 1.08. The number of hydrogen-bond donors (Lipinski definition) is 2. The van der Waals surface area contributed by atoms with Crippen molar-refractivity contribution in [2.75, 3.05) is 6.61 Å². The second-order valence-corrected chi connectivity index (χ2v) is 2.65. The summed E-state index contributed by atoms with van der Waals surface area (Å²) in [5.41, 5.74) is 0.207. The van der Waals surface area contributed by atoms with E-state index >= 15 is 0 Å². The lowest BCUT2D eigenvalue weighted by atomic mass is 10.1. The molecule has 0 aromatic heterocycles. The van der Waals surface area contributed by atoms with Gasteiger partial charge in [-0.2, -0.15) is 0 Å². The van der Waals surface area contributed by atoms with Crippen LogP contribution in [-0.2, 0) is 14.3 Å². The first-order valence-corrected chi connectivity index (χ1v) is 4.00. The highest BCUT2D eigenvalue weighted by Crippen LogP contribution is 2.13. The van der Waals surface area contributed by atoms with Crippen molar-refractivity contribution in [1.82, 2.24) is 5.32 Å². The lowest BCUT2D eigenvalue weighted by Gasteiger charge is -2.08. The van der Waals surface area contributed by atoms with E-state index in [1.807, 2.05) is 0 Å². The zero-order chi connectivity index (χ0) is 9.84. The summed E-state index contributed by atoms with van der Waals surface area (Å²) in [6, 6.07) is -0.536. The third kappa shape index (κ3) is 2.21. The van der Waals surface area contributed by atoms with Crippen LogP contribution < -0.4 is 5.32 Å². The average Bonchev–Trinajstić information content (AvgIpc) is 2.52. The van der Waals surface area contributed by atoms with Gasteiger partial charge in [-0.15, -0.1) is 0 Å². The first-order valence-electron chi connectivity index (χ1n) is 4.00. The number of nitrogens with one attached hydrogen (secondary N) is 1. The van der Waals surface area contributed by atoms with Gasteiger partial charge in [0.05, 0.1) is 12.2 Å². The third-order valence-corrected chi connectivity index (χ3v) is 1.73. The molecule has 5 nitrogen and oxygen atoms in total. The Morgan fingerprint density at radius 1 is 1.77 bits per heavy atom. The van der Waals surface area contributed by atoms with E-state index in [-0.39, 0.29) is 12.0 Å². The number of carboxylic acid groups (broad SMARTS) is 1. The maximum Gasteiger partial charge on any atom is 0.333 e. The van der Waals surface area contributed by atoms with Crippen molar-refractivity contribution in [3.8, 4) is 0 Å². The van der Waals surface area contributed by atoms with Crippen LogP contribution in [0.2, 0.25) is 0 Å². The molecule has 13 heavy (non-hydrogen) atoms. The fourth-order valence-corrected chi connectivity index (χ4v) is 1.08. The highest BCUT2D eigenvalue weighted by Gasteiger charge is 2.27.